The highest BCUT2D eigenvalue weighted by Crippen LogP contribution is 2.37. The number of carbonyl (C=O) groups excluding carboxylic acids is 2. The first-order valence-electron chi connectivity index (χ1n) is 9.98. The third-order valence-corrected chi connectivity index (χ3v) is 5.03. The smallest absolute Gasteiger partial charge is 0.262 e. The molecular formula is C23H23N3O4. The van der Waals surface area contributed by atoms with Crippen molar-refractivity contribution in [2.24, 2.45) is 0 Å². The molecule has 0 spiro atoms. The molecule has 154 valence electrons. The zero-order chi connectivity index (χ0) is 21.1. The van der Waals surface area contributed by atoms with Crippen LogP contribution in [0.1, 0.15) is 52.0 Å². The summed E-state index contributed by atoms with van der Waals surface area (Å²) in [4.78, 5) is 35.0. The van der Waals surface area contributed by atoms with Gasteiger partial charge in [0.1, 0.15) is 5.82 Å². The van der Waals surface area contributed by atoms with Gasteiger partial charge in [-0.15, -0.1) is 0 Å². The van der Waals surface area contributed by atoms with Gasteiger partial charge >= 0.3 is 0 Å². The molecular weight excluding hydrogens is 382 g/mol. The summed E-state index contributed by atoms with van der Waals surface area (Å²) in [7, 11) is 0. The van der Waals surface area contributed by atoms with Crippen molar-refractivity contribution in [2.45, 2.75) is 26.3 Å². The van der Waals surface area contributed by atoms with Crippen LogP contribution in [0.3, 0.4) is 0 Å². The first-order chi connectivity index (χ1) is 14.6. The first-order valence-corrected chi connectivity index (χ1v) is 9.98. The number of imidazole rings is 1. The van der Waals surface area contributed by atoms with Crippen LogP contribution in [0.2, 0.25) is 0 Å². The summed E-state index contributed by atoms with van der Waals surface area (Å²) in [5.41, 5.74) is 1.61. The number of hydrogen-bond donors (Lipinski definition) is 1. The van der Waals surface area contributed by atoms with E-state index in [9.17, 15) is 9.59 Å². The summed E-state index contributed by atoms with van der Waals surface area (Å²) in [5, 5.41) is 0. The maximum Gasteiger partial charge on any atom is 0.262 e. The second-order valence-electron chi connectivity index (χ2n) is 6.85. The van der Waals surface area contributed by atoms with Gasteiger partial charge in [-0.3, -0.25) is 14.5 Å². The molecule has 2 aromatic carbocycles. The van der Waals surface area contributed by atoms with Crippen molar-refractivity contribution in [3.8, 4) is 11.5 Å². The fourth-order valence-corrected chi connectivity index (χ4v) is 3.72. The number of benzene rings is 2. The zero-order valence-corrected chi connectivity index (χ0v) is 16.9. The van der Waals surface area contributed by atoms with Crippen LogP contribution in [0, 0.1) is 0 Å². The molecule has 7 nitrogen and oxygen atoms in total. The van der Waals surface area contributed by atoms with Crippen LogP contribution in [0.4, 0.5) is 0 Å². The lowest BCUT2D eigenvalue weighted by atomic mass is 10.0. The van der Waals surface area contributed by atoms with Crippen LogP contribution in [-0.4, -0.2) is 39.9 Å². The first kappa shape index (κ1) is 19.7. The maximum absolute atomic E-state index is 13.1. The largest absolute Gasteiger partial charge is 0.490 e. The lowest BCUT2D eigenvalue weighted by Crippen LogP contribution is -2.35. The van der Waals surface area contributed by atoms with Crippen LogP contribution >= 0.6 is 0 Å². The third-order valence-electron chi connectivity index (χ3n) is 5.03. The lowest BCUT2D eigenvalue weighted by Gasteiger charge is -2.27. The molecule has 0 aliphatic carbocycles. The monoisotopic (exact) mass is 405 g/mol. The normalized spacial score (nSPS) is 14.0. The highest BCUT2D eigenvalue weighted by molar-refractivity contribution is 6.21. The molecule has 1 atom stereocenters. The Balaban J connectivity index is 1.77. The average Bonchev–Trinajstić information content (AvgIpc) is 3.35. The molecule has 7 heteroatoms. The van der Waals surface area contributed by atoms with Crippen molar-refractivity contribution in [3.05, 3.63) is 77.4 Å². The molecule has 2 amide bonds. The van der Waals surface area contributed by atoms with Gasteiger partial charge in [0.05, 0.1) is 30.4 Å². The molecule has 30 heavy (non-hydrogen) atoms. The van der Waals surface area contributed by atoms with Crippen molar-refractivity contribution >= 4 is 11.8 Å². The second kappa shape index (κ2) is 8.41. The van der Waals surface area contributed by atoms with E-state index in [1.54, 1.807) is 36.7 Å². The van der Waals surface area contributed by atoms with E-state index in [2.05, 4.69) is 9.97 Å². The summed E-state index contributed by atoms with van der Waals surface area (Å²) in [5.74, 6) is 1.28. The molecule has 0 unspecified atom stereocenters. The van der Waals surface area contributed by atoms with Crippen molar-refractivity contribution in [2.75, 3.05) is 13.2 Å². The number of rotatable bonds is 8. The molecule has 1 aliphatic rings. The van der Waals surface area contributed by atoms with E-state index in [4.69, 9.17) is 9.47 Å². The quantitative estimate of drug-likeness (QED) is 0.577. The van der Waals surface area contributed by atoms with E-state index in [-0.39, 0.29) is 11.8 Å². The number of aromatic amines is 1. The Morgan fingerprint density at radius 2 is 1.63 bits per heavy atom. The lowest BCUT2D eigenvalue weighted by molar-refractivity contribution is 0.0579. The van der Waals surface area contributed by atoms with Gasteiger partial charge in [0.25, 0.3) is 11.8 Å². The van der Waals surface area contributed by atoms with E-state index in [0.717, 1.165) is 5.56 Å². The van der Waals surface area contributed by atoms with Gasteiger partial charge < -0.3 is 14.5 Å². The molecule has 0 radical (unpaired) electrons. The molecule has 0 saturated carbocycles. The highest BCUT2D eigenvalue weighted by Gasteiger charge is 2.40. The number of fused-ring (bicyclic) bond motifs is 1. The van der Waals surface area contributed by atoms with E-state index < -0.39 is 6.04 Å². The topological polar surface area (TPSA) is 84.5 Å². The Morgan fingerprint density at radius 3 is 2.23 bits per heavy atom. The molecule has 1 aliphatic heterocycles. The van der Waals surface area contributed by atoms with E-state index in [1.807, 2.05) is 32.0 Å². The summed E-state index contributed by atoms with van der Waals surface area (Å²) < 4.78 is 11.4. The molecule has 2 heterocycles. The second-order valence-corrected chi connectivity index (χ2v) is 6.85. The Hall–Kier alpha value is -3.61. The summed E-state index contributed by atoms with van der Waals surface area (Å²) in [6.45, 7) is 4.78. The third kappa shape index (κ3) is 3.54. The Kier molecular flexibility index (Phi) is 5.52. The Bertz CT molecular complexity index is 1030. The van der Waals surface area contributed by atoms with Gasteiger partial charge in [-0.2, -0.15) is 0 Å². The van der Waals surface area contributed by atoms with Gasteiger partial charge in [0.15, 0.2) is 11.5 Å². The number of ether oxygens (including phenoxy) is 2. The number of imide groups is 1. The van der Waals surface area contributed by atoms with Gasteiger partial charge in [0, 0.05) is 18.8 Å². The standard InChI is InChI=1S/C23H23N3O4/c1-3-29-19-10-9-15(13-20(19)30-4-2)18(14-21-24-11-12-25-21)26-22(27)16-7-5-6-8-17(16)23(26)28/h5-13,18H,3-4,14H2,1-2H3,(H,24,25)/t18-/m1/s1. The molecule has 0 fully saturated rings. The Labute approximate surface area is 174 Å². The van der Waals surface area contributed by atoms with Gasteiger partial charge in [-0.1, -0.05) is 18.2 Å². The minimum Gasteiger partial charge on any atom is -0.490 e. The van der Waals surface area contributed by atoms with Gasteiger partial charge in [-0.05, 0) is 43.7 Å². The average molecular weight is 405 g/mol. The minimum atomic E-state index is -0.543. The van der Waals surface area contributed by atoms with Crippen LogP contribution in [-0.2, 0) is 6.42 Å². The van der Waals surface area contributed by atoms with Gasteiger partial charge in [0.2, 0.25) is 0 Å². The predicted octanol–water partition coefficient (Wildman–Crippen LogP) is 3.79. The van der Waals surface area contributed by atoms with Crippen molar-refractivity contribution in [1.82, 2.24) is 14.9 Å². The maximum atomic E-state index is 13.1. The fraction of sp³-hybridized carbons (Fsp3) is 0.261. The number of carbonyl (C=O) groups is 2. The minimum absolute atomic E-state index is 0.306. The number of nitrogens with zero attached hydrogens (tertiary/aromatic N) is 2. The molecule has 4 rings (SSSR count). The number of nitrogens with one attached hydrogen (secondary N) is 1. The molecule has 0 bridgehead atoms. The number of amides is 2. The molecule has 1 aromatic heterocycles. The summed E-state index contributed by atoms with van der Waals surface area (Å²) >= 11 is 0. The summed E-state index contributed by atoms with van der Waals surface area (Å²) in [6, 6.07) is 11.9. The summed E-state index contributed by atoms with van der Waals surface area (Å²) in [6.07, 6.45) is 3.73. The SMILES string of the molecule is CCOc1ccc([C@@H](Cc2ncc[nH]2)N2C(=O)c3ccccc3C2=O)cc1OCC. The van der Waals surface area contributed by atoms with Crippen molar-refractivity contribution < 1.29 is 19.1 Å². The number of H-pyrrole nitrogens is 1. The molecule has 1 N–H and O–H groups in total. The molecule has 3 aromatic rings. The highest BCUT2D eigenvalue weighted by atomic mass is 16.5. The van der Waals surface area contributed by atoms with Gasteiger partial charge in [-0.25, -0.2) is 4.98 Å². The van der Waals surface area contributed by atoms with Crippen LogP contribution in [0.25, 0.3) is 0 Å². The zero-order valence-electron chi connectivity index (χ0n) is 16.9. The van der Waals surface area contributed by atoms with Crippen molar-refractivity contribution in [1.29, 1.82) is 0 Å². The van der Waals surface area contributed by atoms with E-state index in [0.29, 0.717) is 48.1 Å². The van der Waals surface area contributed by atoms with Crippen LogP contribution in [0.5, 0.6) is 11.5 Å². The van der Waals surface area contributed by atoms with Crippen LogP contribution in [0.15, 0.2) is 54.9 Å². The van der Waals surface area contributed by atoms with Crippen LogP contribution < -0.4 is 9.47 Å². The van der Waals surface area contributed by atoms with E-state index in [1.165, 1.54) is 4.90 Å². The molecule has 0 saturated heterocycles. The predicted molar refractivity (Wildman–Crippen MR) is 111 cm³/mol. The fourth-order valence-electron chi connectivity index (χ4n) is 3.72. The number of hydrogen-bond acceptors (Lipinski definition) is 5. The number of aromatic nitrogens is 2. The Morgan fingerprint density at radius 1 is 0.967 bits per heavy atom. The van der Waals surface area contributed by atoms with Crippen molar-refractivity contribution in [3.63, 3.8) is 0 Å². The van der Waals surface area contributed by atoms with E-state index >= 15 is 0 Å².